The second kappa shape index (κ2) is 7.06. The van der Waals surface area contributed by atoms with Crippen molar-refractivity contribution in [1.82, 2.24) is 9.97 Å². The van der Waals surface area contributed by atoms with Crippen LogP contribution in [0, 0.1) is 0 Å². The summed E-state index contributed by atoms with van der Waals surface area (Å²) in [6.07, 6.45) is 3.83. The molecule has 0 saturated carbocycles. The first-order valence-electron chi connectivity index (χ1n) is 10.5. The highest BCUT2D eigenvalue weighted by molar-refractivity contribution is 6.10. The highest BCUT2D eigenvalue weighted by Crippen LogP contribution is 2.40. The van der Waals surface area contributed by atoms with Crippen LogP contribution in [0.5, 0.6) is 0 Å². The van der Waals surface area contributed by atoms with Crippen molar-refractivity contribution in [2.75, 3.05) is 0 Å². The second-order valence-electron chi connectivity index (χ2n) is 7.91. The Hall–Kier alpha value is -3.98. The number of nitrogens with zero attached hydrogens (tertiary/aromatic N) is 2. The summed E-state index contributed by atoms with van der Waals surface area (Å²) in [6, 6.07) is 29.1. The number of rotatable bonds is 3. The molecule has 3 aromatic carbocycles. The minimum absolute atomic E-state index is 0.142. The molecule has 6 rings (SSSR count). The van der Waals surface area contributed by atoms with Gasteiger partial charge in [0.2, 0.25) is 0 Å². The molecule has 3 nitrogen and oxygen atoms in total. The Balaban J connectivity index is 1.64. The van der Waals surface area contributed by atoms with Gasteiger partial charge in [-0.25, -0.2) is 0 Å². The molecule has 0 bridgehead atoms. The van der Waals surface area contributed by atoms with E-state index in [1.807, 2.05) is 42.7 Å². The highest BCUT2D eigenvalue weighted by Gasteiger charge is 2.21. The van der Waals surface area contributed by atoms with Gasteiger partial charge in [0, 0.05) is 29.1 Å². The van der Waals surface area contributed by atoms with E-state index >= 15 is 0 Å². The van der Waals surface area contributed by atoms with Gasteiger partial charge in [0.1, 0.15) is 11.2 Å². The van der Waals surface area contributed by atoms with Crippen LogP contribution < -0.4 is 0 Å². The normalized spacial score (nSPS) is 12.5. The van der Waals surface area contributed by atoms with E-state index in [0.717, 1.165) is 49.7 Å². The van der Waals surface area contributed by atoms with Crippen LogP contribution in [-0.4, -0.2) is 9.97 Å². The lowest BCUT2D eigenvalue weighted by molar-refractivity contribution is 0.668. The first-order valence-corrected chi connectivity index (χ1v) is 10.5. The molecule has 0 fully saturated rings. The summed E-state index contributed by atoms with van der Waals surface area (Å²) >= 11 is 0. The Morgan fingerprint density at radius 2 is 1.48 bits per heavy atom. The molecule has 1 unspecified atom stereocenters. The third-order valence-electron chi connectivity index (χ3n) is 6.05. The summed E-state index contributed by atoms with van der Waals surface area (Å²) in [4.78, 5) is 9.69. The third kappa shape index (κ3) is 2.89. The minimum Gasteiger partial charge on any atom is -0.455 e. The first-order chi connectivity index (χ1) is 15.3. The van der Waals surface area contributed by atoms with Crippen molar-refractivity contribution in [3.8, 4) is 11.3 Å². The summed E-state index contributed by atoms with van der Waals surface area (Å²) < 4.78 is 6.40. The van der Waals surface area contributed by atoms with Gasteiger partial charge in [-0.2, -0.15) is 0 Å². The van der Waals surface area contributed by atoms with Crippen molar-refractivity contribution in [2.24, 2.45) is 0 Å². The molecule has 1 atom stereocenters. The molecule has 0 N–H and O–H groups in total. The summed E-state index contributed by atoms with van der Waals surface area (Å²) in [5.74, 6) is 0.142. The molecule has 0 aliphatic carbocycles. The van der Waals surface area contributed by atoms with Crippen LogP contribution in [0.25, 0.3) is 44.0 Å². The third-order valence-corrected chi connectivity index (χ3v) is 6.05. The van der Waals surface area contributed by atoms with Gasteiger partial charge in [-0.05, 0) is 23.1 Å². The van der Waals surface area contributed by atoms with Crippen LogP contribution in [0.2, 0.25) is 0 Å². The van der Waals surface area contributed by atoms with E-state index < -0.39 is 0 Å². The lowest BCUT2D eigenvalue weighted by atomic mass is 9.93. The topological polar surface area (TPSA) is 38.9 Å². The number of furan rings is 1. The van der Waals surface area contributed by atoms with Gasteiger partial charge in [0.05, 0.1) is 22.3 Å². The summed E-state index contributed by atoms with van der Waals surface area (Å²) in [6.45, 7) is 2.20. The lowest BCUT2D eigenvalue weighted by Crippen LogP contribution is -2.00. The Morgan fingerprint density at radius 1 is 0.742 bits per heavy atom. The number of benzene rings is 3. The molecule has 0 saturated heterocycles. The maximum absolute atomic E-state index is 6.40. The van der Waals surface area contributed by atoms with Gasteiger partial charge in [0.15, 0.2) is 0 Å². The van der Waals surface area contributed by atoms with E-state index in [1.54, 1.807) is 0 Å². The molecule has 0 amide bonds. The zero-order chi connectivity index (χ0) is 20.8. The SMILES string of the molecule is CC(c1ccccc1)c1ncc(-c2cc3ccccc3cn2)c2oc3ccccc3c12. The van der Waals surface area contributed by atoms with Crippen LogP contribution in [0.3, 0.4) is 0 Å². The average Bonchev–Trinajstić information content (AvgIpc) is 3.23. The molecule has 3 heteroatoms. The molecule has 0 radical (unpaired) electrons. The Labute approximate surface area is 180 Å². The van der Waals surface area contributed by atoms with Gasteiger partial charge in [-0.15, -0.1) is 0 Å². The smallest absolute Gasteiger partial charge is 0.148 e. The molecule has 0 aliphatic heterocycles. The molecule has 31 heavy (non-hydrogen) atoms. The van der Waals surface area contributed by atoms with Crippen LogP contribution in [0.1, 0.15) is 24.1 Å². The Bertz CT molecular complexity index is 1550. The number of hydrogen-bond acceptors (Lipinski definition) is 3. The van der Waals surface area contributed by atoms with Crippen molar-refractivity contribution in [2.45, 2.75) is 12.8 Å². The molecule has 3 heterocycles. The van der Waals surface area contributed by atoms with E-state index in [1.165, 1.54) is 5.56 Å². The van der Waals surface area contributed by atoms with E-state index in [-0.39, 0.29) is 5.92 Å². The summed E-state index contributed by atoms with van der Waals surface area (Å²) in [5.41, 5.74) is 5.76. The van der Waals surface area contributed by atoms with Crippen molar-refractivity contribution < 1.29 is 4.42 Å². The van der Waals surface area contributed by atoms with Crippen LogP contribution in [0.15, 0.2) is 102 Å². The molecule has 6 aromatic rings. The quantitative estimate of drug-likeness (QED) is 0.312. The zero-order valence-corrected chi connectivity index (χ0v) is 17.1. The molecule has 3 aromatic heterocycles. The number of hydrogen-bond donors (Lipinski definition) is 0. The van der Waals surface area contributed by atoms with E-state index in [9.17, 15) is 0 Å². The average molecular weight is 400 g/mol. The van der Waals surface area contributed by atoms with E-state index in [0.29, 0.717) is 0 Å². The van der Waals surface area contributed by atoms with Crippen LogP contribution in [-0.2, 0) is 0 Å². The molecular weight excluding hydrogens is 380 g/mol. The maximum Gasteiger partial charge on any atom is 0.148 e. The van der Waals surface area contributed by atoms with Gasteiger partial charge in [-0.3, -0.25) is 9.97 Å². The van der Waals surface area contributed by atoms with Crippen molar-refractivity contribution in [1.29, 1.82) is 0 Å². The fraction of sp³-hybridized carbons (Fsp3) is 0.0714. The standard InChI is InChI=1S/C28H20N2O/c1-18(19-9-3-2-4-10-19)27-26-22-13-7-8-14-25(22)31-28(26)23(17-30-27)24-15-20-11-5-6-12-21(20)16-29-24/h2-18H,1H3. The molecular formula is C28H20N2O. The number of para-hydroxylation sites is 1. The van der Waals surface area contributed by atoms with Crippen molar-refractivity contribution in [3.63, 3.8) is 0 Å². The predicted octanol–water partition coefficient (Wildman–Crippen LogP) is 7.35. The number of aromatic nitrogens is 2. The number of pyridine rings is 2. The van der Waals surface area contributed by atoms with Gasteiger partial charge in [0.25, 0.3) is 0 Å². The zero-order valence-electron chi connectivity index (χ0n) is 17.1. The molecule has 0 aliphatic rings. The van der Waals surface area contributed by atoms with Gasteiger partial charge >= 0.3 is 0 Å². The van der Waals surface area contributed by atoms with Gasteiger partial charge in [-0.1, -0.05) is 79.7 Å². The Morgan fingerprint density at radius 3 is 2.35 bits per heavy atom. The summed E-state index contributed by atoms with van der Waals surface area (Å²) in [5, 5.41) is 4.43. The Kier molecular flexibility index (Phi) is 4.07. The van der Waals surface area contributed by atoms with Crippen molar-refractivity contribution >= 4 is 32.7 Å². The fourth-order valence-electron chi connectivity index (χ4n) is 4.39. The van der Waals surface area contributed by atoms with E-state index in [4.69, 9.17) is 14.4 Å². The second-order valence-corrected chi connectivity index (χ2v) is 7.91. The van der Waals surface area contributed by atoms with Crippen LogP contribution in [0.4, 0.5) is 0 Å². The molecule has 0 spiro atoms. The van der Waals surface area contributed by atoms with Crippen LogP contribution >= 0.6 is 0 Å². The molecule has 148 valence electrons. The lowest BCUT2D eigenvalue weighted by Gasteiger charge is -2.14. The largest absolute Gasteiger partial charge is 0.455 e. The highest BCUT2D eigenvalue weighted by atomic mass is 16.3. The van der Waals surface area contributed by atoms with Crippen molar-refractivity contribution in [3.05, 3.63) is 109 Å². The predicted molar refractivity (Wildman–Crippen MR) is 126 cm³/mol. The van der Waals surface area contributed by atoms with E-state index in [2.05, 4.69) is 61.5 Å². The fourth-order valence-corrected chi connectivity index (χ4v) is 4.39. The summed E-state index contributed by atoms with van der Waals surface area (Å²) in [7, 11) is 0. The number of fused-ring (bicyclic) bond motifs is 4. The first kappa shape index (κ1) is 17.8. The minimum atomic E-state index is 0.142. The maximum atomic E-state index is 6.40. The monoisotopic (exact) mass is 400 g/mol. The van der Waals surface area contributed by atoms with Gasteiger partial charge < -0.3 is 4.42 Å².